The van der Waals surface area contributed by atoms with E-state index in [0.717, 1.165) is 29.7 Å². The minimum Gasteiger partial charge on any atom is -0.299 e. The van der Waals surface area contributed by atoms with E-state index in [2.05, 4.69) is 20.8 Å². The minimum atomic E-state index is -0.0985. The number of halogens is 2. The van der Waals surface area contributed by atoms with Crippen LogP contribution in [0.5, 0.6) is 0 Å². The topological polar surface area (TPSA) is 3.24 Å². The summed E-state index contributed by atoms with van der Waals surface area (Å²) >= 11 is 3.28. The van der Waals surface area contributed by atoms with E-state index in [0.29, 0.717) is 0 Å². The van der Waals surface area contributed by atoms with Crippen molar-refractivity contribution in [2.45, 2.75) is 32.2 Å². The van der Waals surface area contributed by atoms with Crippen molar-refractivity contribution in [1.82, 2.24) is 4.90 Å². The summed E-state index contributed by atoms with van der Waals surface area (Å²) in [6.07, 6.45) is 5.13. The van der Waals surface area contributed by atoms with Gasteiger partial charge in [-0.25, -0.2) is 4.39 Å². The Kier molecular flexibility index (Phi) is 4.36. The van der Waals surface area contributed by atoms with Crippen molar-refractivity contribution in [1.29, 1.82) is 0 Å². The van der Waals surface area contributed by atoms with E-state index in [1.165, 1.54) is 25.7 Å². The van der Waals surface area contributed by atoms with Crippen LogP contribution in [0.3, 0.4) is 0 Å². The van der Waals surface area contributed by atoms with Crippen LogP contribution in [0.2, 0.25) is 0 Å². The van der Waals surface area contributed by atoms with Crippen LogP contribution in [0.25, 0.3) is 0 Å². The first-order valence-electron chi connectivity index (χ1n) is 5.92. The molecule has 0 atom stereocenters. The Labute approximate surface area is 105 Å². The third-order valence-corrected chi connectivity index (χ3v) is 3.60. The second kappa shape index (κ2) is 5.78. The van der Waals surface area contributed by atoms with Gasteiger partial charge in [0, 0.05) is 16.6 Å². The molecule has 16 heavy (non-hydrogen) atoms. The van der Waals surface area contributed by atoms with E-state index in [-0.39, 0.29) is 5.82 Å². The van der Waals surface area contributed by atoms with Gasteiger partial charge in [-0.05, 0) is 38.1 Å². The van der Waals surface area contributed by atoms with Crippen LogP contribution in [-0.2, 0) is 6.54 Å². The van der Waals surface area contributed by atoms with E-state index in [9.17, 15) is 4.39 Å². The Morgan fingerprint density at radius 1 is 1.12 bits per heavy atom. The monoisotopic (exact) mass is 285 g/mol. The van der Waals surface area contributed by atoms with Gasteiger partial charge in [-0.3, -0.25) is 4.90 Å². The fraction of sp³-hybridized carbons (Fsp3) is 0.538. The van der Waals surface area contributed by atoms with Gasteiger partial charge in [-0.2, -0.15) is 0 Å². The second-order valence-electron chi connectivity index (χ2n) is 4.43. The quantitative estimate of drug-likeness (QED) is 0.795. The van der Waals surface area contributed by atoms with Gasteiger partial charge in [0.05, 0.1) is 0 Å². The molecule has 0 N–H and O–H groups in total. The Bertz CT molecular complexity index is 346. The predicted octanol–water partition coefficient (Wildman–Crippen LogP) is 3.96. The molecule has 1 fully saturated rings. The maximum Gasteiger partial charge on any atom is 0.128 e. The van der Waals surface area contributed by atoms with E-state index in [1.54, 1.807) is 6.07 Å². The fourth-order valence-electron chi connectivity index (χ4n) is 2.19. The molecular formula is C13H17BrFN. The van der Waals surface area contributed by atoms with Gasteiger partial charge in [0.25, 0.3) is 0 Å². The minimum absolute atomic E-state index is 0.0985. The van der Waals surface area contributed by atoms with Gasteiger partial charge in [0.15, 0.2) is 0 Å². The first-order valence-corrected chi connectivity index (χ1v) is 6.71. The van der Waals surface area contributed by atoms with Gasteiger partial charge in [0.1, 0.15) is 5.82 Å². The third kappa shape index (κ3) is 3.29. The average Bonchev–Trinajstić information content (AvgIpc) is 2.51. The molecule has 1 aliphatic rings. The van der Waals surface area contributed by atoms with Gasteiger partial charge < -0.3 is 0 Å². The molecule has 1 saturated heterocycles. The van der Waals surface area contributed by atoms with Crippen LogP contribution < -0.4 is 0 Å². The van der Waals surface area contributed by atoms with E-state index in [1.807, 2.05) is 12.1 Å². The SMILES string of the molecule is Fc1cc(Br)ccc1CN1CCCCCC1. The highest BCUT2D eigenvalue weighted by atomic mass is 79.9. The van der Waals surface area contributed by atoms with E-state index in [4.69, 9.17) is 0 Å². The first kappa shape index (κ1) is 12.1. The molecular weight excluding hydrogens is 269 g/mol. The maximum atomic E-state index is 13.7. The van der Waals surface area contributed by atoms with Gasteiger partial charge in [0.2, 0.25) is 0 Å². The van der Waals surface area contributed by atoms with Crippen LogP contribution >= 0.6 is 15.9 Å². The summed E-state index contributed by atoms with van der Waals surface area (Å²) in [5.74, 6) is -0.0985. The molecule has 0 spiro atoms. The molecule has 1 aromatic rings. The van der Waals surface area contributed by atoms with Crippen molar-refractivity contribution in [3.8, 4) is 0 Å². The van der Waals surface area contributed by atoms with Crippen LogP contribution in [0.15, 0.2) is 22.7 Å². The number of hydrogen-bond donors (Lipinski definition) is 0. The summed E-state index contributed by atoms with van der Waals surface area (Å²) in [5.41, 5.74) is 0.810. The molecule has 0 aliphatic carbocycles. The van der Waals surface area contributed by atoms with Crippen molar-refractivity contribution in [2.24, 2.45) is 0 Å². The summed E-state index contributed by atoms with van der Waals surface area (Å²) in [6, 6.07) is 5.34. The zero-order valence-corrected chi connectivity index (χ0v) is 11.0. The molecule has 1 nitrogen and oxygen atoms in total. The summed E-state index contributed by atoms with van der Waals surface area (Å²) < 4.78 is 14.5. The van der Waals surface area contributed by atoms with Crippen LogP contribution in [0.1, 0.15) is 31.2 Å². The van der Waals surface area contributed by atoms with Crippen molar-refractivity contribution < 1.29 is 4.39 Å². The largest absolute Gasteiger partial charge is 0.299 e. The van der Waals surface area contributed by atoms with Gasteiger partial charge in [-0.1, -0.05) is 34.8 Å². The molecule has 1 aliphatic heterocycles. The standard InChI is InChI=1S/C13H17BrFN/c14-12-6-5-11(13(15)9-12)10-16-7-3-1-2-4-8-16/h5-6,9H,1-4,7-8,10H2. The zero-order chi connectivity index (χ0) is 11.4. The molecule has 0 amide bonds. The van der Waals surface area contributed by atoms with Crippen molar-refractivity contribution in [3.05, 3.63) is 34.1 Å². The number of rotatable bonds is 2. The molecule has 0 radical (unpaired) electrons. The Morgan fingerprint density at radius 2 is 1.81 bits per heavy atom. The lowest BCUT2D eigenvalue weighted by Gasteiger charge is -2.20. The molecule has 0 bridgehead atoms. The lowest BCUT2D eigenvalue weighted by Crippen LogP contribution is -2.24. The summed E-state index contributed by atoms with van der Waals surface area (Å²) in [6.45, 7) is 2.96. The van der Waals surface area contributed by atoms with Crippen LogP contribution in [-0.4, -0.2) is 18.0 Å². The zero-order valence-electron chi connectivity index (χ0n) is 9.38. The molecule has 0 aromatic heterocycles. The Balaban J connectivity index is 2.01. The van der Waals surface area contributed by atoms with Gasteiger partial charge in [-0.15, -0.1) is 0 Å². The van der Waals surface area contributed by atoms with Crippen molar-refractivity contribution in [3.63, 3.8) is 0 Å². The lowest BCUT2D eigenvalue weighted by molar-refractivity contribution is 0.273. The average molecular weight is 286 g/mol. The molecule has 0 saturated carbocycles. The Morgan fingerprint density at radius 3 is 2.44 bits per heavy atom. The smallest absolute Gasteiger partial charge is 0.128 e. The first-order chi connectivity index (χ1) is 7.75. The van der Waals surface area contributed by atoms with E-state index >= 15 is 0 Å². The third-order valence-electron chi connectivity index (χ3n) is 3.11. The number of hydrogen-bond acceptors (Lipinski definition) is 1. The summed E-state index contributed by atoms with van der Waals surface area (Å²) in [7, 11) is 0. The highest BCUT2D eigenvalue weighted by molar-refractivity contribution is 9.10. The summed E-state index contributed by atoms with van der Waals surface area (Å²) in [5, 5.41) is 0. The summed E-state index contributed by atoms with van der Waals surface area (Å²) in [4.78, 5) is 2.36. The second-order valence-corrected chi connectivity index (χ2v) is 5.34. The van der Waals surface area contributed by atoms with Gasteiger partial charge >= 0.3 is 0 Å². The van der Waals surface area contributed by atoms with E-state index < -0.39 is 0 Å². The van der Waals surface area contributed by atoms with Crippen LogP contribution in [0.4, 0.5) is 4.39 Å². The predicted molar refractivity (Wildman–Crippen MR) is 67.8 cm³/mol. The normalized spacial score (nSPS) is 18.4. The van der Waals surface area contributed by atoms with Crippen LogP contribution in [0, 0.1) is 5.82 Å². The fourth-order valence-corrected chi connectivity index (χ4v) is 2.52. The van der Waals surface area contributed by atoms with Crippen molar-refractivity contribution in [2.75, 3.05) is 13.1 Å². The molecule has 0 unspecified atom stereocenters. The highest BCUT2D eigenvalue weighted by Gasteiger charge is 2.11. The molecule has 88 valence electrons. The number of likely N-dealkylation sites (tertiary alicyclic amines) is 1. The Hall–Kier alpha value is -0.410. The highest BCUT2D eigenvalue weighted by Crippen LogP contribution is 2.18. The molecule has 3 heteroatoms. The molecule has 2 rings (SSSR count). The lowest BCUT2D eigenvalue weighted by atomic mass is 10.2. The number of benzene rings is 1. The van der Waals surface area contributed by atoms with Crippen molar-refractivity contribution >= 4 is 15.9 Å². The number of nitrogens with zero attached hydrogens (tertiary/aromatic N) is 1. The molecule has 1 aromatic carbocycles. The molecule has 1 heterocycles. The maximum absolute atomic E-state index is 13.7.